The first-order chi connectivity index (χ1) is 12.0. The molecule has 0 aliphatic rings. The highest BCUT2D eigenvalue weighted by molar-refractivity contribution is 7.89. The lowest BCUT2D eigenvalue weighted by Crippen LogP contribution is -2.31. The largest absolute Gasteiger partial charge is 0.460 e. The maximum Gasteiger partial charge on any atom is 0.321 e. The van der Waals surface area contributed by atoms with Crippen molar-refractivity contribution in [2.45, 2.75) is 4.90 Å². The number of hydrogen-bond donors (Lipinski definition) is 1. The molecule has 128 valence electrons. The molecule has 0 fully saturated rings. The summed E-state index contributed by atoms with van der Waals surface area (Å²) in [5, 5.41) is 8.95. The van der Waals surface area contributed by atoms with Crippen LogP contribution in [0.3, 0.4) is 0 Å². The number of nitriles is 1. The number of rotatable bonds is 7. The quantitative estimate of drug-likeness (QED) is 0.766. The molecule has 1 N–H and O–H groups in total. The van der Waals surface area contributed by atoms with E-state index in [2.05, 4.69) is 4.72 Å². The fraction of sp³-hybridized carbons (Fsp3) is 0.111. The van der Waals surface area contributed by atoms with E-state index in [9.17, 15) is 13.2 Å². The lowest BCUT2D eigenvalue weighted by atomic mass is 10.2. The first kappa shape index (κ1) is 18.4. The third kappa shape index (κ3) is 5.57. The highest BCUT2D eigenvalue weighted by Crippen LogP contribution is 2.13. The van der Waals surface area contributed by atoms with Gasteiger partial charge in [0.1, 0.15) is 19.2 Å². The van der Waals surface area contributed by atoms with Gasteiger partial charge in [0.2, 0.25) is 10.0 Å². The second-order valence-electron chi connectivity index (χ2n) is 4.93. The molecule has 0 saturated heterocycles. The Hall–Kier alpha value is -2.95. The van der Waals surface area contributed by atoms with Gasteiger partial charge in [0, 0.05) is 0 Å². The molecule has 0 aliphatic carbocycles. The second kappa shape index (κ2) is 8.78. The Labute approximate surface area is 146 Å². The predicted octanol–water partition coefficient (Wildman–Crippen LogP) is 2.09. The normalized spacial score (nSPS) is 11.2. The van der Waals surface area contributed by atoms with Gasteiger partial charge >= 0.3 is 5.97 Å². The molecule has 2 rings (SSSR count). The van der Waals surface area contributed by atoms with Gasteiger partial charge in [0.05, 0.1) is 10.5 Å². The topological polar surface area (TPSA) is 96.3 Å². The summed E-state index contributed by atoms with van der Waals surface area (Å²) in [6, 6.07) is 17.0. The molecule has 0 amide bonds. The van der Waals surface area contributed by atoms with E-state index in [0.29, 0.717) is 0 Å². The van der Waals surface area contributed by atoms with Crippen LogP contribution in [0.2, 0.25) is 0 Å². The molecule has 0 radical (unpaired) electrons. The van der Waals surface area contributed by atoms with Crippen molar-refractivity contribution in [2.75, 3.05) is 13.2 Å². The lowest BCUT2D eigenvalue weighted by Gasteiger charge is -2.07. The molecular formula is C18H16N2O4S. The van der Waals surface area contributed by atoms with Crippen LogP contribution in [0.5, 0.6) is 0 Å². The molecule has 0 aliphatic heterocycles. The Morgan fingerprint density at radius 3 is 2.52 bits per heavy atom. The summed E-state index contributed by atoms with van der Waals surface area (Å²) < 4.78 is 31.4. The van der Waals surface area contributed by atoms with Gasteiger partial charge in [0.25, 0.3) is 0 Å². The van der Waals surface area contributed by atoms with Crippen LogP contribution in [0.1, 0.15) is 11.1 Å². The fourth-order valence-electron chi connectivity index (χ4n) is 1.97. The van der Waals surface area contributed by atoms with Crippen molar-refractivity contribution in [3.63, 3.8) is 0 Å². The van der Waals surface area contributed by atoms with Crippen molar-refractivity contribution in [1.82, 2.24) is 4.72 Å². The van der Waals surface area contributed by atoms with Gasteiger partial charge in [-0.05, 0) is 23.8 Å². The average Bonchev–Trinajstić information content (AvgIpc) is 2.64. The molecule has 7 heteroatoms. The second-order valence-corrected chi connectivity index (χ2v) is 6.66. The lowest BCUT2D eigenvalue weighted by molar-refractivity contribution is -0.140. The predicted molar refractivity (Wildman–Crippen MR) is 92.8 cm³/mol. The van der Waals surface area contributed by atoms with E-state index in [0.717, 1.165) is 5.56 Å². The third-order valence-electron chi connectivity index (χ3n) is 3.15. The van der Waals surface area contributed by atoms with Gasteiger partial charge < -0.3 is 4.74 Å². The standard InChI is InChI=1S/C18H16N2O4S/c19-13-16-10-4-5-11-17(16)25(22,23)20-14-18(21)24-12-6-9-15-7-2-1-3-8-15/h1-11,20H,12,14H2/b9-6+. The zero-order valence-electron chi connectivity index (χ0n) is 13.3. The molecule has 2 aromatic rings. The highest BCUT2D eigenvalue weighted by atomic mass is 32.2. The van der Waals surface area contributed by atoms with Crippen LogP contribution in [0.25, 0.3) is 6.08 Å². The number of esters is 1. The number of carbonyl (C=O) groups is 1. The molecule has 0 spiro atoms. The number of benzene rings is 2. The van der Waals surface area contributed by atoms with E-state index in [1.165, 1.54) is 18.2 Å². The van der Waals surface area contributed by atoms with Crippen molar-refractivity contribution in [2.24, 2.45) is 0 Å². The van der Waals surface area contributed by atoms with Crippen LogP contribution in [0, 0.1) is 11.3 Å². The summed E-state index contributed by atoms with van der Waals surface area (Å²) >= 11 is 0. The van der Waals surface area contributed by atoms with E-state index < -0.39 is 22.5 Å². The van der Waals surface area contributed by atoms with Gasteiger partial charge in [-0.1, -0.05) is 48.5 Å². The summed E-state index contributed by atoms with van der Waals surface area (Å²) in [6.07, 6.45) is 3.45. The van der Waals surface area contributed by atoms with E-state index in [1.807, 2.05) is 30.3 Å². The van der Waals surface area contributed by atoms with Crippen molar-refractivity contribution < 1.29 is 17.9 Å². The number of carbonyl (C=O) groups excluding carboxylic acids is 1. The maximum absolute atomic E-state index is 12.1. The van der Waals surface area contributed by atoms with Crippen LogP contribution >= 0.6 is 0 Å². The maximum atomic E-state index is 12.1. The van der Waals surface area contributed by atoms with Crippen LogP contribution in [0.4, 0.5) is 0 Å². The monoisotopic (exact) mass is 356 g/mol. The highest BCUT2D eigenvalue weighted by Gasteiger charge is 2.19. The van der Waals surface area contributed by atoms with Crippen molar-refractivity contribution in [3.8, 4) is 6.07 Å². The molecule has 0 unspecified atom stereocenters. The molecule has 0 heterocycles. The van der Waals surface area contributed by atoms with Gasteiger partial charge in [-0.2, -0.15) is 9.98 Å². The van der Waals surface area contributed by atoms with Crippen LogP contribution in [-0.2, 0) is 19.6 Å². The molecule has 0 atom stereocenters. The number of hydrogen-bond acceptors (Lipinski definition) is 5. The Kier molecular flexibility index (Phi) is 6.46. The minimum absolute atomic E-state index is 0.00848. The summed E-state index contributed by atoms with van der Waals surface area (Å²) in [5.74, 6) is -0.712. The van der Waals surface area contributed by atoms with E-state index in [4.69, 9.17) is 10.00 Å². The molecule has 0 bridgehead atoms. The SMILES string of the molecule is N#Cc1ccccc1S(=O)(=O)NCC(=O)OC/C=C/c1ccccc1. The molecule has 6 nitrogen and oxygen atoms in total. The van der Waals surface area contributed by atoms with E-state index in [-0.39, 0.29) is 17.1 Å². The van der Waals surface area contributed by atoms with Crippen LogP contribution < -0.4 is 4.72 Å². The smallest absolute Gasteiger partial charge is 0.321 e. The Balaban J connectivity index is 1.85. The number of ether oxygens (including phenoxy) is 1. The first-order valence-corrected chi connectivity index (χ1v) is 8.87. The van der Waals surface area contributed by atoms with E-state index in [1.54, 1.807) is 24.3 Å². The molecule has 0 saturated carbocycles. The Bertz CT molecular complexity index is 900. The minimum atomic E-state index is -3.96. The zero-order valence-corrected chi connectivity index (χ0v) is 14.1. The summed E-state index contributed by atoms with van der Waals surface area (Å²) in [5.41, 5.74) is 0.974. The zero-order chi connectivity index (χ0) is 18.1. The van der Waals surface area contributed by atoms with Crippen LogP contribution in [-0.4, -0.2) is 27.5 Å². The summed E-state index contributed by atoms with van der Waals surface area (Å²) in [4.78, 5) is 11.5. The van der Waals surface area contributed by atoms with Crippen molar-refractivity contribution in [1.29, 1.82) is 5.26 Å². The van der Waals surface area contributed by atoms with Gasteiger partial charge in [-0.3, -0.25) is 4.79 Å². The van der Waals surface area contributed by atoms with Crippen molar-refractivity contribution in [3.05, 3.63) is 71.8 Å². The van der Waals surface area contributed by atoms with Gasteiger partial charge in [-0.25, -0.2) is 8.42 Å². The van der Waals surface area contributed by atoms with Crippen molar-refractivity contribution >= 4 is 22.1 Å². The van der Waals surface area contributed by atoms with Gasteiger partial charge in [-0.15, -0.1) is 0 Å². The third-order valence-corrected chi connectivity index (χ3v) is 4.61. The Morgan fingerprint density at radius 2 is 1.80 bits per heavy atom. The summed E-state index contributed by atoms with van der Waals surface area (Å²) in [7, 11) is -3.96. The molecule has 2 aromatic carbocycles. The fourth-order valence-corrected chi connectivity index (χ4v) is 3.09. The Morgan fingerprint density at radius 1 is 1.12 bits per heavy atom. The van der Waals surface area contributed by atoms with Gasteiger partial charge in [0.15, 0.2) is 0 Å². The average molecular weight is 356 g/mol. The molecule has 0 aromatic heterocycles. The number of nitrogens with one attached hydrogen (secondary N) is 1. The first-order valence-electron chi connectivity index (χ1n) is 7.39. The molecular weight excluding hydrogens is 340 g/mol. The minimum Gasteiger partial charge on any atom is -0.460 e. The number of sulfonamides is 1. The van der Waals surface area contributed by atoms with E-state index >= 15 is 0 Å². The number of nitrogens with zero attached hydrogens (tertiary/aromatic N) is 1. The molecule has 25 heavy (non-hydrogen) atoms. The summed E-state index contributed by atoms with van der Waals surface area (Å²) in [6.45, 7) is -0.481. The van der Waals surface area contributed by atoms with Crippen LogP contribution in [0.15, 0.2) is 65.6 Å².